The predicted molar refractivity (Wildman–Crippen MR) is 77.7 cm³/mol. The molecule has 1 unspecified atom stereocenters. The average molecular weight is 294 g/mol. The third-order valence-corrected chi connectivity index (χ3v) is 4.63. The lowest BCUT2D eigenvalue weighted by atomic mass is 10.2. The SMILES string of the molecule is CC(CCc1ccco1)NS(=O)(=O)c1ccccc1N. The molecule has 0 aliphatic rings. The van der Waals surface area contributed by atoms with E-state index in [2.05, 4.69) is 4.72 Å². The summed E-state index contributed by atoms with van der Waals surface area (Å²) in [4.78, 5) is 0.116. The van der Waals surface area contributed by atoms with E-state index in [1.165, 1.54) is 6.07 Å². The fourth-order valence-corrected chi connectivity index (χ4v) is 3.34. The molecule has 20 heavy (non-hydrogen) atoms. The molecule has 2 aromatic rings. The monoisotopic (exact) mass is 294 g/mol. The van der Waals surface area contributed by atoms with Gasteiger partial charge in [0, 0.05) is 12.5 Å². The van der Waals surface area contributed by atoms with Crippen LogP contribution >= 0.6 is 0 Å². The number of hydrogen-bond donors (Lipinski definition) is 2. The maximum Gasteiger partial charge on any atom is 0.242 e. The Bertz CT molecular complexity index is 651. The van der Waals surface area contributed by atoms with Crippen molar-refractivity contribution in [2.24, 2.45) is 0 Å². The first kappa shape index (κ1) is 14.6. The number of sulfonamides is 1. The summed E-state index contributed by atoms with van der Waals surface area (Å²) in [6.45, 7) is 1.82. The van der Waals surface area contributed by atoms with Crippen molar-refractivity contribution in [1.29, 1.82) is 0 Å². The van der Waals surface area contributed by atoms with Crippen LogP contribution in [-0.4, -0.2) is 14.5 Å². The van der Waals surface area contributed by atoms with E-state index in [0.29, 0.717) is 12.8 Å². The van der Waals surface area contributed by atoms with Crippen molar-refractivity contribution in [1.82, 2.24) is 4.72 Å². The van der Waals surface area contributed by atoms with Crippen molar-refractivity contribution in [3.8, 4) is 0 Å². The minimum atomic E-state index is -3.59. The highest BCUT2D eigenvalue weighted by atomic mass is 32.2. The van der Waals surface area contributed by atoms with E-state index in [9.17, 15) is 8.42 Å². The lowest BCUT2D eigenvalue weighted by Gasteiger charge is -2.14. The van der Waals surface area contributed by atoms with E-state index in [-0.39, 0.29) is 16.6 Å². The van der Waals surface area contributed by atoms with Gasteiger partial charge in [0.15, 0.2) is 0 Å². The van der Waals surface area contributed by atoms with Crippen molar-refractivity contribution in [2.45, 2.75) is 30.7 Å². The highest BCUT2D eigenvalue weighted by molar-refractivity contribution is 7.89. The summed E-state index contributed by atoms with van der Waals surface area (Å²) in [5.74, 6) is 0.843. The highest BCUT2D eigenvalue weighted by Crippen LogP contribution is 2.18. The molecule has 1 aromatic heterocycles. The van der Waals surface area contributed by atoms with Gasteiger partial charge in [0.2, 0.25) is 10.0 Å². The Morgan fingerprint density at radius 3 is 2.65 bits per heavy atom. The fraction of sp³-hybridized carbons (Fsp3) is 0.286. The van der Waals surface area contributed by atoms with Crippen LogP contribution in [0, 0.1) is 0 Å². The maximum atomic E-state index is 12.2. The second-order valence-electron chi connectivity index (χ2n) is 4.68. The van der Waals surface area contributed by atoms with Crippen LogP contribution in [0.5, 0.6) is 0 Å². The number of rotatable bonds is 6. The summed E-state index contributed by atoms with van der Waals surface area (Å²) in [5, 5.41) is 0. The van der Waals surface area contributed by atoms with E-state index in [4.69, 9.17) is 10.2 Å². The molecule has 3 N–H and O–H groups in total. The van der Waals surface area contributed by atoms with Crippen molar-refractivity contribution in [2.75, 3.05) is 5.73 Å². The first-order valence-corrected chi connectivity index (χ1v) is 7.86. The number of nitrogens with one attached hydrogen (secondary N) is 1. The Hall–Kier alpha value is -1.79. The Morgan fingerprint density at radius 2 is 2.00 bits per heavy atom. The van der Waals surface area contributed by atoms with E-state index >= 15 is 0 Å². The second kappa shape index (κ2) is 6.11. The van der Waals surface area contributed by atoms with Gasteiger partial charge in [0.1, 0.15) is 10.7 Å². The van der Waals surface area contributed by atoms with Gasteiger partial charge in [-0.2, -0.15) is 0 Å². The molecular formula is C14H18N2O3S. The largest absolute Gasteiger partial charge is 0.469 e. The zero-order valence-electron chi connectivity index (χ0n) is 11.2. The molecule has 0 amide bonds. The number of furan rings is 1. The lowest BCUT2D eigenvalue weighted by Crippen LogP contribution is -2.33. The number of hydrogen-bond acceptors (Lipinski definition) is 4. The Morgan fingerprint density at radius 1 is 1.25 bits per heavy atom. The molecule has 6 heteroatoms. The quantitative estimate of drug-likeness (QED) is 0.799. The van der Waals surface area contributed by atoms with E-state index in [1.54, 1.807) is 24.5 Å². The molecule has 0 aliphatic heterocycles. The molecule has 0 radical (unpaired) electrons. The molecule has 0 bridgehead atoms. The van der Waals surface area contributed by atoms with E-state index in [1.807, 2.05) is 19.1 Å². The molecule has 0 saturated carbocycles. The third kappa shape index (κ3) is 3.61. The number of benzene rings is 1. The van der Waals surface area contributed by atoms with Crippen LogP contribution in [0.2, 0.25) is 0 Å². The molecule has 2 rings (SSSR count). The van der Waals surface area contributed by atoms with Crippen molar-refractivity contribution in [3.05, 3.63) is 48.4 Å². The topological polar surface area (TPSA) is 85.3 Å². The standard InChI is InChI=1S/C14H18N2O3S/c1-11(8-9-12-5-4-10-19-12)16-20(17,18)14-7-3-2-6-13(14)15/h2-7,10-11,16H,8-9,15H2,1H3. The zero-order valence-corrected chi connectivity index (χ0v) is 12.1. The van der Waals surface area contributed by atoms with Gasteiger partial charge >= 0.3 is 0 Å². The first-order valence-electron chi connectivity index (χ1n) is 6.38. The average Bonchev–Trinajstić information content (AvgIpc) is 2.89. The number of para-hydroxylation sites is 1. The van der Waals surface area contributed by atoms with Crippen LogP contribution in [0.15, 0.2) is 52.0 Å². The van der Waals surface area contributed by atoms with Gasteiger partial charge in [-0.1, -0.05) is 12.1 Å². The lowest BCUT2D eigenvalue weighted by molar-refractivity contribution is 0.480. The highest BCUT2D eigenvalue weighted by Gasteiger charge is 2.19. The summed E-state index contributed by atoms with van der Waals surface area (Å²) < 4.78 is 32.3. The molecular weight excluding hydrogens is 276 g/mol. The third-order valence-electron chi connectivity index (χ3n) is 2.97. The summed E-state index contributed by atoms with van der Waals surface area (Å²) in [6.07, 6.45) is 2.94. The first-order chi connectivity index (χ1) is 9.49. The molecule has 1 aromatic carbocycles. The van der Waals surface area contributed by atoms with Crippen LogP contribution in [0.3, 0.4) is 0 Å². The second-order valence-corrected chi connectivity index (χ2v) is 6.36. The summed E-state index contributed by atoms with van der Waals surface area (Å²) >= 11 is 0. The number of nitrogen functional groups attached to an aromatic ring is 1. The normalized spacial score (nSPS) is 13.2. The van der Waals surface area contributed by atoms with Crippen LogP contribution in [0.25, 0.3) is 0 Å². The fourth-order valence-electron chi connectivity index (χ4n) is 1.93. The molecule has 0 fully saturated rings. The Kier molecular flexibility index (Phi) is 4.46. The van der Waals surface area contributed by atoms with Gasteiger partial charge in [-0.25, -0.2) is 13.1 Å². The van der Waals surface area contributed by atoms with Crippen molar-refractivity contribution in [3.63, 3.8) is 0 Å². The molecule has 108 valence electrons. The molecule has 0 saturated heterocycles. The molecule has 5 nitrogen and oxygen atoms in total. The van der Waals surface area contributed by atoms with Gasteiger partial charge < -0.3 is 10.2 Å². The number of anilines is 1. The van der Waals surface area contributed by atoms with E-state index < -0.39 is 10.0 Å². The molecule has 1 atom stereocenters. The van der Waals surface area contributed by atoms with Gasteiger partial charge in [-0.05, 0) is 37.6 Å². The van der Waals surface area contributed by atoms with Crippen molar-refractivity contribution < 1.29 is 12.8 Å². The smallest absolute Gasteiger partial charge is 0.242 e. The molecule has 0 spiro atoms. The Balaban J connectivity index is 1.99. The minimum absolute atomic E-state index is 0.116. The van der Waals surface area contributed by atoms with Gasteiger partial charge in [0.25, 0.3) is 0 Å². The summed E-state index contributed by atoms with van der Waals surface area (Å²) in [6, 6.07) is 9.90. The summed E-state index contributed by atoms with van der Waals surface area (Å²) in [7, 11) is -3.59. The minimum Gasteiger partial charge on any atom is -0.469 e. The number of nitrogens with two attached hydrogens (primary N) is 1. The van der Waals surface area contributed by atoms with Gasteiger partial charge in [0.05, 0.1) is 12.0 Å². The van der Waals surface area contributed by atoms with Gasteiger partial charge in [-0.3, -0.25) is 0 Å². The van der Waals surface area contributed by atoms with Crippen LogP contribution in [0.4, 0.5) is 5.69 Å². The van der Waals surface area contributed by atoms with E-state index in [0.717, 1.165) is 5.76 Å². The maximum absolute atomic E-state index is 12.2. The zero-order chi connectivity index (χ0) is 14.6. The predicted octanol–water partition coefficient (Wildman–Crippen LogP) is 2.16. The van der Waals surface area contributed by atoms with Crippen LogP contribution in [0.1, 0.15) is 19.1 Å². The number of aryl methyl sites for hydroxylation is 1. The van der Waals surface area contributed by atoms with Gasteiger partial charge in [-0.15, -0.1) is 0 Å². The molecule has 0 aliphatic carbocycles. The summed E-state index contributed by atoms with van der Waals surface area (Å²) in [5.41, 5.74) is 5.95. The van der Waals surface area contributed by atoms with Crippen LogP contribution < -0.4 is 10.5 Å². The Labute approximate surface area is 118 Å². The van der Waals surface area contributed by atoms with Crippen molar-refractivity contribution >= 4 is 15.7 Å². The molecule has 1 heterocycles. The van der Waals surface area contributed by atoms with Crippen LogP contribution in [-0.2, 0) is 16.4 Å².